The Labute approximate surface area is 121 Å². The van der Waals surface area contributed by atoms with Gasteiger partial charge in [0.15, 0.2) is 0 Å². The van der Waals surface area contributed by atoms with Gasteiger partial charge in [-0.3, -0.25) is 14.5 Å². The second-order valence-electron chi connectivity index (χ2n) is 5.65. The molecule has 0 saturated heterocycles. The van der Waals surface area contributed by atoms with Crippen LogP contribution >= 0.6 is 0 Å². The van der Waals surface area contributed by atoms with Crippen molar-refractivity contribution >= 4 is 11.9 Å². The lowest BCUT2D eigenvalue weighted by molar-refractivity contribution is -0.144. The van der Waals surface area contributed by atoms with Crippen molar-refractivity contribution in [3.8, 4) is 0 Å². The average Bonchev–Trinajstić information content (AvgIpc) is 2.41. The smallest absolute Gasteiger partial charge is 0.320 e. The predicted molar refractivity (Wildman–Crippen MR) is 78.6 cm³/mol. The molecule has 1 saturated carbocycles. The van der Waals surface area contributed by atoms with E-state index >= 15 is 0 Å². The molecule has 20 heavy (non-hydrogen) atoms. The van der Waals surface area contributed by atoms with E-state index in [1.165, 1.54) is 19.3 Å². The third-order valence-corrected chi connectivity index (χ3v) is 4.26. The minimum Gasteiger partial charge on any atom is -0.480 e. The maximum atomic E-state index is 12.4. The van der Waals surface area contributed by atoms with Gasteiger partial charge in [0.25, 0.3) is 0 Å². The molecule has 1 atom stereocenters. The average molecular weight is 284 g/mol. The third-order valence-electron chi connectivity index (χ3n) is 4.26. The van der Waals surface area contributed by atoms with Gasteiger partial charge in [-0.1, -0.05) is 26.2 Å². The highest BCUT2D eigenvalue weighted by Gasteiger charge is 2.27. The molecule has 0 aromatic carbocycles. The first-order valence-electron chi connectivity index (χ1n) is 7.73. The van der Waals surface area contributed by atoms with E-state index in [0.29, 0.717) is 19.0 Å². The summed E-state index contributed by atoms with van der Waals surface area (Å²) in [5, 5.41) is 9.13. The Kier molecular flexibility index (Phi) is 6.99. The number of carbonyl (C=O) groups excluding carboxylic acids is 1. The molecule has 1 aliphatic rings. The number of rotatable bonds is 7. The lowest BCUT2D eigenvalue weighted by atomic mass is 9.94. The Morgan fingerprint density at radius 2 is 1.80 bits per heavy atom. The Morgan fingerprint density at radius 3 is 2.25 bits per heavy atom. The fourth-order valence-corrected chi connectivity index (χ4v) is 3.12. The second kappa shape index (κ2) is 8.25. The summed E-state index contributed by atoms with van der Waals surface area (Å²) >= 11 is 0. The zero-order valence-corrected chi connectivity index (χ0v) is 13.0. The van der Waals surface area contributed by atoms with Gasteiger partial charge in [0.1, 0.15) is 6.04 Å². The molecular weight excluding hydrogens is 256 g/mol. The van der Waals surface area contributed by atoms with Crippen molar-refractivity contribution in [2.75, 3.05) is 20.1 Å². The van der Waals surface area contributed by atoms with Crippen molar-refractivity contribution in [2.24, 2.45) is 0 Å². The number of carboxylic acid groups (broad SMARTS) is 1. The third kappa shape index (κ3) is 4.47. The fraction of sp³-hybridized carbons (Fsp3) is 0.867. The molecule has 1 N–H and O–H groups in total. The van der Waals surface area contributed by atoms with E-state index in [9.17, 15) is 9.59 Å². The van der Waals surface area contributed by atoms with E-state index in [4.69, 9.17) is 5.11 Å². The zero-order chi connectivity index (χ0) is 15.1. The SMILES string of the molecule is CCC(C(=O)O)N(C)CC(=O)N(CC)C1CCCCC1. The summed E-state index contributed by atoms with van der Waals surface area (Å²) in [6, 6.07) is -0.233. The highest BCUT2D eigenvalue weighted by atomic mass is 16.4. The number of hydrogen-bond acceptors (Lipinski definition) is 3. The monoisotopic (exact) mass is 284 g/mol. The molecule has 0 radical (unpaired) electrons. The van der Waals surface area contributed by atoms with Crippen LogP contribution in [0.4, 0.5) is 0 Å². The van der Waals surface area contributed by atoms with Gasteiger partial charge < -0.3 is 10.0 Å². The number of amides is 1. The molecule has 0 aliphatic heterocycles. The van der Waals surface area contributed by atoms with Gasteiger partial charge in [-0.25, -0.2) is 0 Å². The standard InChI is InChI=1S/C15H28N2O3/c1-4-13(15(19)20)16(3)11-14(18)17(5-2)12-9-7-6-8-10-12/h12-13H,4-11H2,1-3H3,(H,19,20). The number of carboxylic acids is 1. The molecule has 1 aliphatic carbocycles. The Bertz CT molecular complexity index is 327. The van der Waals surface area contributed by atoms with E-state index in [1.807, 2.05) is 18.7 Å². The maximum Gasteiger partial charge on any atom is 0.320 e. The van der Waals surface area contributed by atoms with Crippen molar-refractivity contribution in [1.82, 2.24) is 9.80 Å². The number of likely N-dealkylation sites (N-methyl/N-ethyl adjacent to an activating group) is 2. The summed E-state index contributed by atoms with van der Waals surface area (Å²) in [6.45, 7) is 4.73. The van der Waals surface area contributed by atoms with Crippen LogP contribution in [0.1, 0.15) is 52.4 Å². The van der Waals surface area contributed by atoms with Gasteiger partial charge in [0.05, 0.1) is 6.54 Å². The normalized spacial score (nSPS) is 18.0. The first-order valence-corrected chi connectivity index (χ1v) is 7.73. The summed E-state index contributed by atoms with van der Waals surface area (Å²) < 4.78 is 0. The van der Waals surface area contributed by atoms with Crippen LogP contribution in [0.15, 0.2) is 0 Å². The number of aliphatic carboxylic acids is 1. The van der Waals surface area contributed by atoms with Crippen molar-refractivity contribution < 1.29 is 14.7 Å². The van der Waals surface area contributed by atoms with Crippen LogP contribution in [-0.4, -0.2) is 59.0 Å². The van der Waals surface area contributed by atoms with Crippen molar-refractivity contribution in [2.45, 2.75) is 64.5 Å². The van der Waals surface area contributed by atoms with Gasteiger partial charge in [0.2, 0.25) is 5.91 Å². The van der Waals surface area contributed by atoms with E-state index in [1.54, 1.807) is 11.9 Å². The van der Waals surface area contributed by atoms with E-state index < -0.39 is 12.0 Å². The minimum absolute atomic E-state index is 0.0570. The van der Waals surface area contributed by atoms with Crippen LogP contribution in [0.2, 0.25) is 0 Å². The molecule has 0 heterocycles. The lowest BCUT2D eigenvalue weighted by Crippen LogP contribution is -2.48. The molecule has 1 unspecified atom stereocenters. The molecule has 1 amide bonds. The first-order chi connectivity index (χ1) is 9.51. The van der Waals surface area contributed by atoms with Crippen LogP contribution in [0.25, 0.3) is 0 Å². The largest absolute Gasteiger partial charge is 0.480 e. The van der Waals surface area contributed by atoms with Gasteiger partial charge in [-0.05, 0) is 33.2 Å². The van der Waals surface area contributed by atoms with Crippen LogP contribution in [0.5, 0.6) is 0 Å². The first kappa shape index (κ1) is 17.0. The number of carbonyl (C=O) groups is 2. The molecule has 0 spiro atoms. The van der Waals surface area contributed by atoms with E-state index in [2.05, 4.69) is 0 Å². The fourth-order valence-electron chi connectivity index (χ4n) is 3.12. The molecule has 1 fully saturated rings. The summed E-state index contributed by atoms with van der Waals surface area (Å²) in [6.07, 6.45) is 6.32. The Hall–Kier alpha value is -1.10. The van der Waals surface area contributed by atoms with Gasteiger partial charge >= 0.3 is 5.97 Å². The van der Waals surface area contributed by atoms with Crippen LogP contribution in [-0.2, 0) is 9.59 Å². The molecule has 0 bridgehead atoms. The van der Waals surface area contributed by atoms with Crippen molar-refractivity contribution in [3.05, 3.63) is 0 Å². The second-order valence-corrected chi connectivity index (χ2v) is 5.65. The maximum absolute atomic E-state index is 12.4. The Balaban J connectivity index is 2.59. The molecule has 5 nitrogen and oxygen atoms in total. The zero-order valence-electron chi connectivity index (χ0n) is 13.0. The molecule has 0 aromatic heterocycles. The predicted octanol–water partition coefficient (Wildman–Crippen LogP) is 1.96. The quantitative estimate of drug-likeness (QED) is 0.776. The van der Waals surface area contributed by atoms with Crippen molar-refractivity contribution in [3.63, 3.8) is 0 Å². The topological polar surface area (TPSA) is 60.9 Å². The van der Waals surface area contributed by atoms with Gasteiger partial charge in [-0.2, -0.15) is 0 Å². The van der Waals surface area contributed by atoms with Crippen molar-refractivity contribution in [1.29, 1.82) is 0 Å². The van der Waals surface area contributed by atoms with E-state index in [0.717, 1.165) is 12.8 Å². The summed E-state index contributed by atoms with van der Waals surface area (Å²) in [4.78, 5) is 27.1. The van der Waals surface area contributed by atoms with Gasteiger partial charge in [-0.15, -0.1) is 0 Å². The number of hydrogen-bond donors (Lipinski definition) is 1. The lowest BCUT2D eigenvalue weighted by Gasteiger charge is -2.35. The van der Waals surface area contributed by atoms with Crippen LogP contribution in [0, 0.1) is 0 Å². The molecule has 1 rings (SSSR count). The Morgan fingerprint density at radius 1 is 1.20 bits per heavy atom. The minimum atomic E-state index is -0.858. The van der Waals surface area contributed by atoms with Crippen LogP contribution < -0.4 is 0 Å². The summed E-state index contributed by atoms with van der Waals surface area (Å²) in [5.74, 6) is -0.801. The molecule has 116 valence electrons. The number of nitrogens with zero attached hydrogens (tertiary/aromatic N) is 2. The van der Waals surface area contributed by atoms with Crippen LogP contribution in [0.3, 0.4) is 0 Å². The summed E-state index contributed by atoms with van der Waals surface area (Å²) in [7, 11) is 1.72. The molecular formula is C15H28N2O3. The molecule has 5 heteroatoms. The van der Waals surface area contributed by atoms with E-state index in [-0.39, 0.29) is 12.5 Å². The van der Waals surface area contributed by atoms with Gasteiger partial charge in [0, 0.05) is 12.6 Å². The summed E-state index contributed by atoms with van der Waals surface area (Å²) in [5.41, 5.74) is 0. The molecule has 0 aromatic rings. The highest BCUT2D eigenvalue weighted by molar-refractivity contribution is 5.80. The highest BCUT2D eigenvalue weighted by Crippen LogP contribution is 2.22.